The molecule has 2 heterocycles. The first-order valence-electron chi connectivity index (χ1n) is 11.6. The lowest BCUT2D eigenvalue weighted by Gasteiger charge is -2.42. The zero-order valence-corrected chi connectivity index (χ0v) is 20.1. The van der Waals surface area contributed by atoms with Crippen molar-refractivity contribution in [3.63, 3.8) is 0 Å². The van der Waals surface area contributed by atoms with Crippen LogP contribution in [-0.4, -0.2) is 50.5 Å². The maximum Gasteiger partial charge on any atom is 0.177 e. The second-order valence-corrected chi connectivity index (χ2v) is 11.5. The molecule has 33 heavy (non-hydrogen) atoms. The van der Waals surface area contributed by atoms with Gasteiger partial charge in [-0.05, 0) is 42.5 Å². The van der Waals surface area contributed by atoms with Crippen LogP contribution in [0.5, 0.6) is 0 Å². The van der Waals surface area contributed by atoms with Crippen molar-refractivity contribution < 1.29 is 13.2 Å². The molecule has 0 aromatic carbocycles. The third-order valence-corrected chi connectivity index (χ3v) is 8.60. The Morgan fingerprint density at radius 1 is 1.30 bits per heavy atom. The summed E-state index contributed by atoms with van der Waals surface area (Å²) in [6.07, 6.45) is 12.7. The zero-order chi connectivity index (χ0) is 23.3. The molecule has 5 rings (SSSR count). The van der Waals surface area contributed by atoms with Gasteiger partial charge in [-0.1, -0.05) is 44.2 Å². The molecule has 0 saturated carbocycles. The van der Waals surface area contributed by atoms with Gasteiger partial charge in [0.2, 0.25) is 0 Å². The molecule has 4 aliphatic rings. The molecular formula is C25H30N3O4S-. The van der Waals surface area contributed by atoms with Gasteiger partial charge in [0.05, 0.1) is 16.4 Å². The van der Waals surface area contributed by atoms with Crippen molar-refractivity contribution in [1.29, 1.82) is 0 Å². The van der Waals surface area contributed by atoms with Crippen molar-refractivity contribution >= 4 is 21.5 Å². The molecule has 1 aromatic rings. The summed E-state index contributed by atoms with van der Waals surface area (Å²) >= 11 is 0. The quantitative estimate of drug-likeness (QED) is 0.490. The van der Waals surface area contributed by atoms with E-state index in [-0.39, 0.29) is 11.7 Å². The molecule has 176 valence electrons. The second-order valence-electron chi connectivity index (χ2n) is 9.25. The zero-order valence-electron chi connectivity index (χ0n) is 19.2. The van der Waals surface area contributed by atoms with Gasteiger partial charge in [0.15, 0.2) is 9.84 Å². The lowest BCUT2D eigenvalue weighted by atomic mass is 9.83. The lowest BCUT2D eigenvalue weighted by molar-refractivity contribution is 0.0439. The molecule has 1 N–H and O–H groups in total. The Bertz CT molecular complexity index is 1310. The standard InChI is InChI=1S/C25H30N3O4S/c1-4-33(30,31)18-7-5-6-17(11-18)19-12-21(28(29)14-16-8-9-16)24(32-3)23-22(19)20-10-15(2)13-26-25(20)27-23/h7-12,15-16,21,24H,4-6,13-14H2,1-3H3,(H,26,27)/q-1. The molecule has 1 aliphatic heterocycles. The van der Waals surface area contributed by atoms with Crippen LogP contribution in [-0.2, 0) is 14.6 Å². The van der Waals surface area contributed by atoms with Gasteiger partial charge in [0.1, 0.15) is 11.6 Å². The fourth-order valence-electron chi connectivity index (χ4n) is 4.95. The minimum Gasteiger partial charge on any atom is -0.785 e. The molecule has 0 bridgehead atoms. The summed E-state index contributed by atoms with van der Waals surface area (Å²) in [6, 6.07) is -0.518. The van der Waals surface area contributed by atoms with Crippen molar-refractivity contribution in [3.05, 3.63) is 68.0 Å². The molecule has 0 fully saturated rings. The van der Waals surface area contributed by atoms with E-state index in [1.807, 2.05) is 18.2 Å². The number of methoxy groups -OCH3 is 1. The fraction of sp³-hybridized carbons (Fsp3) is 0.480. The summed E-state index contributed by atoms with van der Waals surface area (Å²) in [7, 11) is -1.69. The van der Waals surface area contributed by atoms with Crippen LogP contribution in [0.2, 0.25) is 0 Å². The molecule has 1 aromatic heterocycles. The molecular weight excluding hydrogens is 438 g/mol. The number of sulfone groups is 1. The Morgan fingerprint density at radius 2 is 2.09 bits per heavy atom. The van der Waals surface area contributed by atoms with Crippen molar-refractivity contribution in [2.75, 3.05) is 26.0 Å². The Kier molecular flexibility index (Phi) is 5.81. The van der Waals surface area contributed by atoms with Gasteiger partial charge in [0.25, 0.3) is 0 Å². The van der Waals surface area contributed by atoms with Crippen molar-refractivity contribution in [3.8, 4) is 0 Å². The van der Waals surface area contributed by atoms with Crippen LogP contribution >= 0.6 is 0 Å². The number of H-pyrrole nitrogens is 1. The van der Waals surface area contributed by atoms with Gasteiger partial charge < -0.3 is 20.0 Å². The number of aromatic nitrogens is 1. The van der Waals surface area contributed by atoms with E-state index in [2.05, 4.69) is 18.0 Å². The first-order chi connectivity index (χ1) is 15.8. The lowest BCUT2D eigenvalue weighted by Crippen LogP contribution is -2.39. The normalized spacial score (nSPS) is 26.6. The Hall–Kier alpha value is -2.26. The maximum absolute atomic E-state index is 13.2. The Morgan fingerprint density at radius 3 is 2.79 bits per heavy atom. The minimum atomic E-state index is -3.32. The van der Waals surface area contributed by atoms with E-state index in [4.69, 9.17) is 9.73 Å². The highest BCUT2D eigenvalue weighted by molar-refractivity contribution is 7.95. The van der Waals surface area contributed by atoms with Gasteiger partial charge in [-0.3, -0.25) is 4.99 Å². The predicted octanol–water partition coefficient (Wildman–Crippen LogP) is 2.54. The molecule has 0 radical (unpaired) electrons. The maximum atomic E-state index is 13.2. The van der Waals surface area contributed by atoms with Crippen LogP contribution in [0.25, 0.3) is 11.6 Å². The van der Waals surface area contributed by atoms with Gasteiger partial charge in [-0.15, -0.1) is 0 Å². The fourth-order valence-corrected chi connectivity index (χ4v) is 5.98. The van der Waals surface area contributed by atoms with E-state index in [1.165, 1.54) is 0 Å². The largest absolute Gasteiger partial charge is 0.785 e. The van der Waals surface area contributed by atoms with Crippen LogP contribution in [0.3, 0.4) is 0 Å². The highest BCUT2D eigenvalue weighted by atomic mass is 32.2. The second kappa shape index (κ2) is 8.51. The Balaban J connectivity index is 1.68. The van der Waals surface area contributed by atoms with E-state index in [0.29, 0.717) is 36.8 Å². The van der Waals surface area contributed by atoms with Gasteiger partial charge in [-0.25, -0.2) is 8.42 Å². The van der Waals surface area contributed by atoms with Crippen LogP contribution in [0.1, 0.15) is 44.1 Å². The molecule has 3 unspecified atom stereocenters. The molecule has 0 spiro atoms. The summed E-state index contributed by atoms with van der Waals surface area (Å²) in [5.74, 6) is 0.566. The highest BCUT2D eigenvalue weighted by Gasteiger charge is 2.36. The predicted molar refractivity (Wildman–Crippen MR) is 129 cm³/mol. The van der Waals surface area contributed by atoms with Crippen LogP contribution in [0.15, 0.2) is 45.9 Å². The highest BCUT2D eigenvalue weighted by Crippen LogP contribution is 2.41. The number of nitrogens with one attached hydrogen (secondary N) is 1. The van der Waals surface area contributed by atoms with Gasteiger partial charge >= 0.3 is 0 Å². The number of aromatic amines is 1. The molecule has 8 heteroatoms. The number of hydrogen-bond donors (Lipinski definition) is 1. The topological polar surface area (TPSA) is 97.8 Å². The summed E-state index contributed by atoms with van der Waals surface area (Å²) in [5.41, 5.74) is 4.50. The SMILES string of the molecule is CCS(=O)(=O)C1=CCCC(C2=CC(N([O-])CC3C=C3)C(OC)c3[nH]c4c(c32)=CC(C)CN=4)=C1. The summed E-state index contributed by atoms with van der Waals surface area (Å²) in [4.78, 5) is 8.54. The summed E-state index contributed by atoms with van der Waals surface area (Å²) in [5, 5.41) is 15.3. The molecule has 7 nitrogen and oxygen atoms in total. The van der Waals surface area contributed by atoms with Crippen LogP contribution < -0.4 is 10.7 Å². The number of rotatable bonds is 7. The summed E-state index contributed by atoms with van der Waals surface area (Å²) in [6.45, 7) is 4.88. The average molecular weight is 469 g/mol. The van der Waals surface area contributed by atoms with Crippen molar-refractivity contribution in [2.24, 2.45) is 16.8 Å². The number of ether oxygens (including phenoxy) is 1. The number of nitrogens with zero attached hydrogens (tertiary/aromatic N) is 2. The molecule has 3 aliphatic carbocycles. The molecule has 0 amide bonds. The van der Waals surface area contributed by atoms with Gasteiger partial charge in [-0.2, -0.15) is 0 Å². The van der Waals surface area contributed by atoms with E-state index >= 15 is 0 Å². The van der Waals surface area contributed by atoms with Crippen LogP contribution in [0, 0.1) is 17.0 Å². The van der Waals surface area contributed by atoms with Crippen LogP contribution in [0.4, 0.5) is 0 Å². The number of hydroxylamine groups is 2. The van der Waals surface area contributed by atoms with E-state index in [9.17, 15) is 13.6 Å². The number of hydrogen-bond acceptors (Lipinski definition) is 6. The first kappa shape index (κ1) is 22.5. The number of allylic oxidation sites excluding steroid dienone is 4. The van der Waals surface area contributed by atoms with E-state index in [1.54, 1.807) is 26.2 Å². The smallest absolute Gasteiger partial charge is 0.177 e. The monoisotopic (exact) mass is 468 g/mol. The average Bonchev–Trinajstić information content (AvgIpc) is 3.55. The van der Waals surface area contributed by atoms with Crippen molar-refractivity contribution in [1.82, 2.24) is 10.0 Å². The molecule has 0 saturated heterocycles. The third kappa shape index (κ3) is 4.10. The summed E-state index contributed by atoms with van der Waals surface area (Å²) < 4.78 is 31.1. The first-order valence-corrected chi connectivity index (χ1v) is 13.3. The Labute approximate surface area is 194 Å². The minimum absolute atomic E-state index is 0.0632. The number of fused-ring (bicyclic) bond motifs is 3. The van der Waals surface area contributed by atoms with Crippen molar-refractivity contribution in [2.45, 2.75) is 38.8 Å². The van der Waals surface area contributed by atoms with E-state index in [0.717, 1.165) is 38.2 Å². The molecule has 3 atom stereocenters. The third-order valence-electron chi connectivity index (χ3n) is 6.84. The van der Waals surface area contributed by atoms with E-state index < -0.39 is 22.0 Å². The van der Waals surface area contributed by atoms with Gasteiger partial charge in [0, 0.05) is 36.4 Å².